The number of hydrogen-bond donors (Lipinski definition) is 0. The summed E-state index contributed by atoms with van der Waals surface area (Å²) in [6, 6.07) is -0.421. The average Bonchev–Trinajstić information content (AvgIpc) is 2.99. The SMILES string of the molecule is CN1CC[C@@H](n2cnc3c2c(=O)n(C)c(=O)n3C)C1=O. The molecule has 3 heterocycles. The Labute approximate surface area is 113 Å². The zero-order chi connectivity index (χ0) is 14.6. The molecule has 1 aliphatic heterocycles. The number of rotatable bonds is 1. The van der Waals surface area contributed by atoms with E-state index in [0.717, 1.165) is 4.57 Å². The Hall–Kier alpha value is -2.38. The van der Waals surface area contributed by atoms with E-state index >= 15 is 0 Å². The van der Waals surface area contributed by atoms with Gasteiger partial charge in [0.2, 0.25) is 5.91 Å². The molecule has 0 N–H and O–H groups in total. The molecule has 0 unspecified atom stereocenters. The van der Waals surface area contributed by atoms with Gasteiger partial charge in [-0.1, -0.05) is 0 Å². The third kappa shape index (κ3) is 1.47. The highest BCUT2D eigenvalue weighted by Crippen LogP contribution is 2.24. The van der Waals surface area contributed by atoms with Crippen LogP contribution in [0, 0.1) is 0 Å². The summed E-state index contributed by atoms with van der Waals surface area (Å²) in [5.41, 5.74) is -0.255. The third-order valence-corrected chi connectivity index (χ3v) is 3.91. The highest BCUT2D eigenvalue weighted by Gasteiger charge is 2.32. The van der Waals surface area contributed by atoms with Crippen LogP contribution in [0.5, 0.6) is 0 Å². The Morgan fingerprint density at radius 3 is 2.45 bits per heavy atom. The van der Waals surface area contributed by atoms with Crippen molar-refractivity contribution in [1.29, 1.82) is 0 Å². The lowest BCUT2D eigenvalue weighted by molar-refractivity contribution is -0.129. The molecule has 0 radical (unpaired) electrons. The largest absolute Gasteiger partial charge is 0.344 e. The van der Waals surface area contributed by atoms with Crippen molar-refractivity contribution < 1.29 is 4.79 Å². The fraction of sp³-hybridized carbons (Fsp3) is 0.500. The first kappa shape index (κ1) is 12.6. The van der Waals surface area contributed by atoms with Gasteiger partial charge in [0.25, 0.3) is 5.56 Å². The summed E-state index contributed by atoms with van der Waals surface area (Å²) < 4.78 is 3.93. The molecule has 1 amide bonds. The maximum atomic E-state index is 12.3. The Morgan fingerprint density at radius 1 is 1.15 bits per heavy atom. The topological polar surface area (TPSA) is 82.1 Å². The number of imidazole rings is 1. The fourth-order valence-corrected chi connectivity index (χ4v) is 2.66. The predicted molar refractivity (Wildman–Crippen MR) is 71.5 cm³/mol. The van der Waals surface area contributed by atoms with E-state index in [1.165, 1.54) is 17.9 Å². The van der Waals surface area contributed by atoms with Gasteiger partial charge in [-0.2, -0.15) is 0 Å². The number of likely N-dealkylation sites (N-methyl/N-ethyl adjacent to an activating group) is 1. The molecular weight excluding hydrogens is 262 g/mol. The second kappa shape index (κ2) is 4.06. The zero-order valence-corrected chi connectivity index (χ0v) is 11.5. The molecule has 2 aromatic heterocycles. The normalized spacial score (nSPS) is 19.2. The number of carbonyl (C=O) groups excluding carboxylic acids is 1. The minimum Gasteiger partial charge on any atom is -0.344 e. The van der Waals surface area contributed by atoms with Crippen molar-refractivity contribution >= 4 is 17.1 Å². The van der Waals surface area contributed by atoms with Crippen LogP contribution in [0.1, 0.15) is 12.5 Å². The summed E-state index contributed by atoms with van der Waals surface area (Å²) in [4.78, 5) is 42.0. The van der Waals surface area contributed by atoms with Crippen LogP contribution in [-0.4, -0.2) is 43.1 Å². The Morgan fingerprint density at radius 2 is 1.85 bits per heavy atom. The van der Waals surface area contributed by atoms with Gasteiger partial charge >= 0.3 is 5.69 Å². The van der Waals surface area contributed by atoms with E-state index in [1.54, 1.807) is 23.6 Å². The molecule has 8 nitrogen and oxygen atoms in total. The van der Waals surface area contributed by atoms with Crippen LogP contribution in [-0.2, 0) is 18.9 Å². The highest BCUT2D eigenvalue weighted by molar-refractivity contribution is 5.84. The van der Waals surface area contributed by atoms with Crippen molar-refractivity contribution in [1.82, 2.24) is 23.6 Å². The van der Waals surface area contributed by atoms with Gasteiger partial charge in [-0.15, -0.1) is 0 Å². The number of aromatic nitrogens is 4. The summed E-state index contributed by atoms with van der Waals surface area (Å²) in [5, 5.41) is 0. The number of carbonyl (C=O) groups is 1. The monoisotopic (exact) mass is 277 g/mol. The van der Waals surface area contributed by atoms with Gasteiger partial charge in [-0.3, -0.25) is 18.7 Å². The highest BCUT2D eigenvalue weighted by atomic mass is 16.2. The Bertz CT molecular complexity index is 828. The second-order valence-corrected chi connectivity index (χ2v) is 5.09. The minimum absolute atomic E-state index is 0.0415. The van der Waals surface area contributed by atoms with Gasteiger partial charge in [0.1, 0.15) is 6.04 Å². The Kier molecular flexibility index (Phi) is 2.56. The van der Waals surface area contributed by atoms with Crippen molar-refractivity contribution in [2.45, 2.75) is 12.5 Å². The molecule has 3 rings (SSSR count). The molecule has 0 bridgehead atoms. The minimum atomic E-state index is -0.428. The first-order chi connectivity index (χ1) is 9.43. The molecule has 0 spiro atoms. The molecule has 1 fully saturated rings. The number of likely N-dealkylation sites (tertiary alicyclic amines) is 1. The number of amides is 1. The van der Waals surface area contributed by atoms with Crippen LogP contribution in [0.25, 0.3) is 11.2 Å². The van der Waals surface area contributed by atoms with E-state index in [4.69, 9.17) is 0 Å². The van der Waals surface area contributed by atoms with E-state index in [9.17, 15) is 14.4 Å². The van der Waals surface area contributed by atoms with E-state index < -0.39 is 17.3 Å². The van der Waals surface area contributed by atoms with Crippen molar-refractivity contribution in [2.24, 2.45) is 14.1 Å². The third-order valence-electron chi connectivity index (χ3n) is 3.91. The molecule has 1 aliphatic rings. The molecule has 20 heavy (non-hydrogen) atoms. The lowest BCUT2D eigenvalue weighted by atomic mass is 10.2. The van der Waals surface area contributed by atoms with Crippen LogP contribution in [0.2, 0.25) is 0 Å². The molecule has 8 heteroatoms. The van der Waals surface area contributed by atoms with Crippen LogP contribution >= 0.6 is 0 Å². The standard InChI is InChI=1S/C12H15N5O3/c1-14-5-4-7(10(14)18)17-6-13-9-8(17)11(19)16(3)12(20)15(9)2/h6-7H,4-5H2,1-3H3/t7-/m1/s1. The molecule has 0 aliphatic carbocycles. The molecule has 1 atom stereocenters. The average molecular weight is 277 g/mol. The zero-order valence-electron chi connectivity index (χ0n) is 11.5. The summed E-state index contributed by atoms with van der Waals surface area (Å²) in [6.07, 6.45) is 2.10. The van der Waals surface area contributed by atoms with Crippen molar-refractivity contribution in [3.63, 3.8) is 0 Å². The summed E-state index contributed by atoms with van der Waals surface area (Å²) in [6.45, 7) is 0.648. The van der Waals surface area contributed by atoms with Crippen LogP contribution in [0.3, 0.4) is 0 Å². The number of aryl methyl sites for hydroxylation is 1. The maximum absolute atomic E-state index is 12.3. The van der Waals surface area contributed by atoms with Gasteiger partial charge in [-0.25, -0.2) is 9.78 Å². The Balaban J connectivity index is 2.33. The molecule has 106 valence electrons. The van der Waals surface area contributed by atoms with Gasteiger partial charge < -0.3 is 9.47 Å². The lowest BCUT2D eigenvalue weighted by Gasteiger charge is -2.12. The van der Waals surface area contributed by atoms with Crippen LogP contribution in [0.4, 0.5) is 0 Å². The summed E-state index contributed by atoms with van der Waals surface area (Å²) in [7, 11) is 4.71. The van der Waals surface area contributed by atoms with Crippen LogP contribution < -0.4 is 11.2 Å². The molecule has 1 saturated heterocycles. The summed E-state index contributed by atoms with van der Waals surface area (Å²) in [5.74, 6) is -0.0415. The fourth-order valence-electron chi connectivity index (χ4n) is 2.66. The second-order valence-electron chi connectivity index (χ2n) is 5.09. The van der Waals surface area contributed by atoms with Crippen molar-refractivity contribution in [3.05, 3.63) is 27.2 Å². The lowest BCUT2D eigenvalue weighted by Crippen LogP contribution is -2.38. The number of hydrogen-bond acceptors (Lipinski definition) is 4. The van der Waals surface area contributed by atoms with Crippen LogP contribution in [0.15, 0.2) is 15.9 Å². The molecule has 2 aromatic rings. The van der Waals surface area contributed by atoms with Gasteiger partial charge in [0, 0.05) is 27.7 Å². The predicted octanol–water partition coefficient (Wildman–Crippen LogP) is -1.16. The molecule has 0 aromatic carbocycles. The van der Waals surface area contributed by atoms with Gasteiger partial charge in [-0.05, 0) is 6.42 Å². The van der Waals surface area contributed by atoms with Crippen molar-refractivity contribution in [2.75, 3.05) is 13.6 Å². The van der Waals surface area contributed by atoms with Gasteiger partial charge in [0.05, 0.1) is 6.33 Å². The maximum Gasteiger partial charge on any atom is 0.332 e. The first-order valence-electron chi connectivity index (χ1n) is 6.31. The number of fused-ring (bicyclic) bond motifs is 1. The summed E-state index contributed by atoms with van der Waals surface area (Å²) >= 11 is 0. The first-order valence-corrected chi connectivity index (χ1v) is 6.31. The van der Waals surface area contributed by atoms with Crippen molar-refractivity contribution in [3.8, 4) is 0 Å². The number of nitrogens with zero attached hydrogens (tertiary/aromatic N) is 5. The quantitative estimate of drug-likeness (QED) is 0.658. The van der Waals surface area contributed by atoms with E-state index in [0.29, 0.717) is 24.1 Å². The van der Waals surface area contributed by atoms with Gasteiger partial charge in [0.15, 0.2) is 11.2 Å². The molecule has 0 saturated carbocycles. The van der Waals surface area contributed by atoms with E-state index in [1.807, 2.05) is 0 Å². The smallest absolute Gasteiger partial charge is 0.332 e. The van der Waals surface area contributed by atoms with E-state index in [2.05, 4.69) is 4.98 Å². The molecular formula is C12H15N5O3. The van der Waals surface area contributed by atoms with E-state index in [-0.39, 0.29) is 5.91 Å².